The van der Waals surface area contributed by atoms with Gasteiger partial charge in [-0.2, -0.15) is 18.3 Å². The summed E-state index contributed by atoms with van der Waals surface area (Å²) in [5, 5.41) is 18.9. The maximum atomic E-state index is 14.1. The number of carbonyl (C=O) groups is 2. The van der Waals surface area contributed by atoms with Gasteiger partial charge in [-0.1, -0.05) is 30.3 Å². The summed E-state index contributed by atoms with van der Waals surface area (Å²) >= 11 is 0. The molecule has 4 rings (SSSR count). The van der Waals surface area contributed by atoms with Crippen LogP contribution in [-0.2, 0) is 0 Å². The molecule has 2 amide bonds. The predicted molar refractivity (Wildman–Crippen MR) is 113 cm³/mol. The number of hydrogen-bond donors (Lipinski definition) is 3. The first-order valence-corrected chi connectivity index (χ1v) is 10.3. The summed E-state index contributed by atoms with van der Waals surface area (Å²) in [6.45, 7) is 5.01. The number of aryl methyl sites for hydroxylation is 3. The number of Topliss-reactive ketones (excluding diaryl/α,β-unsaturated/α-hetero) is 1. The van der Waals surface area contributed by atoms with Crippen LogP contribution in [0, 0.1) is 26.7 Å². The van der Waals surface area contributed by atoms with Crippen molar-refractivity contribution in [2.75, 3.05) is 0 Å². The third-order valence-corrected chi connectivity index (χ3v) is 5.59. The zero-order valence-electron chi connectivity index (χ0n) is 18.4. The number of benzene rings is 1. The van der Waals surface area contributed by atoms with Crippen LogP contribution in [0.2, 0.25) is 0 Å². The smallest absolute Gasteiger partial charge is 0.363 e. The number of aromatic nitrogens is 4. The second-order valence-electron chi connectivity index (χ2n) is 8.11. The highest BCUT2D eigenvalue weighted by molar-refractivity contribution is 6.00. The number of amides is 2. The Hall–Kier alpha value is -3.80. The lowest BCUT2D eigenvalue weighted by atomic mass is 9.77. The molecule has 9 nitrogen and oxygen atoms in total. The zero-order valence-corrected chi connectivity index (χ0v) is 18.4. The molecular formula is C22H21F3N6O3. The van der Waals surface area contributed by atoms with Gasteiger partial charge in [0.1, 0.15) is 5.92 Å². The molecule has 178 valence electrons. The highest BCUT2D eigenvalue weighted by Gasteiger charge is 2.66. The minimum atomic E-state index is -5.35. The number of alkyl halides is 3. The number of halogens is 3. The average molecular weight is 474 g/mol. The summed E-state index contributed by atoms with van der Waals surface area (Å²) in [6.07, 6.45) is -4.00. The van der Waals surface area contributed by atoms with Crippen molar-refractivity contribution in [1.29, 1.82) is 0 Å². The van der Waals surface area contributed by atoms with Crippen molar-refractivity contribution < 1.29 is 27.9 Å². The summed E-state index contributed by atoms with van der Waals surface area (Å²) in [4.78, 5) is 34.1. The molecule has 3 unspecified atom stereocenters. The molecule has 2 aromatic heterocycles. The lowest BCUT2D eigenvalue weighted by molar-refractivity contribution is -0.287. The van der Waals surface area contributed by atoms with Crippen LogP contribution in [0.25, 0.3) is 5.95 Å². The number of ketones is 1. The summed E-state index contributed by atoms with van der Waals surface area (Å²) in [7, 11) is 0. The highest BCUT2D eigenvalue weighted by atomic mass is 19.4. The minimum Gasteiger partial charge on any atom is -0.363 e. The van der Waals surface area contributed by atoms with Crippen molar-refractivity contribution in [3.63, 3.8) is 0 Å². The van der Waals surface area contributed by atoms with E-state index in [4.69, 9.17) is 0 Å². The largest absolute Gasteiger partial charge is 0.437 e. The van der Waals surface area contributed by atoms with Gasteiger partial charge in [0.2, 0.25) is 5.72 Å². The Bertz CT molecular complexity index is 1240. The van der Waals surface area contributed by atoms with Gasteiger partial charge in [-0.25, -0.2) is 19.4 Å². The van der Waals surface area contributed by atoms with Gasteiger partial charge in [0.05, 0.1) is 11.7 Å². The molecule has 1 fully saturated rings. The van der Waals surface area contributed by atoms with E-state index in [-0.39, 0.29) is 22.8 Å². The number of nitrogens with zero attached hydrogens (tertiary/aromatic N) is 4. The van der Waals surface area contributed by atoms with Gasteiger partial charge in [-0.3, -0.25) is 4.79 Å². The Morgan fingerprint density at radius 2 is 1.74 bits per heavy atom. The second-order valence-corrected chi connectivity index (χ2v) is 8.11. The van der Waals surface area contributed by atoms with Gasteiger partial charge in [0.25, 0.3) is 5.95 Å². The molecule has 0 bridgehead atoms. The highest BCUT2D eigenvalue weighted by Crippen LogP contribution is 2.44. The Balaban J connectivity index is 1.87. The molecule has 0 saturated carbocycles. The summed E-state index contributed by atoms with van der Waals surface area (Å²) in [5.41, 5.74) is -2.25. The van der Waals surface area contributed by atoms with E-state index in [2.05, 4.69) is 20.4 Å². The number of urea groups is 1. The first-order chi connectivity index (χ1) is 15.9. The fraction of sp³-hybridized carbons (Fsp3) is 0.318. The lowest BCUT2D eigenvalue weighted by Gasteiger charge is -2.44. The van der Waals surface area contributed by atoms with Crippen LogP contribution in [0.4, 0.5) is 18.0 Å². The van der Waals surface area contributed by atoms with E-state index in [0.29, 0.717) is 11.4 Å². The quantitative estimate of drug-likeness (QED) is 0.500. The van der Waals surface area contributed by atoms with Crippen molar-refractivity contribution in [2.24, 2.45) is 5.92 Å². The number of aliphatic hydroxyl groups is 1. The molecule has 0 radical (unpaired) electrons. The molecule has 1 aliphatic rings. The first kappa shape index (κ1) is 23.4. The van der Waals surface area contributed by atoms with E-state index >= 15 is 0 Å². The maximum Gasteiger partial charge on any atom is 0.437 e. The van der Waals surface area contributed by atoms with E-state index in [1.54, 1.807) is 26.0 Å². The van der Waals surface area contributed by atoms with E-state index < -0.39 is 35.7 Å². The van der Waals surface area contributed by atoms with Crippen LogP contribution in [0.1, 0.15) is 39.0 Å². The second kappa shape index (κ2) is 8.20. The zero-order chi connectivity index (χ0) is 24.8. The third-order valence-electron chi connectivity index (χ3n) is 5.59. The monoisotopic (exact) mass is 474 g/mol. The Labute approximate surface area is 192 Å². The minimum absolute atomic E-state index is 0.0548. The molecule has 3 aromatic rings. The van der Waals surface area contributed by atoms with Gasteiger partial charge in [0.15, 0.2) is 5.78 Å². The van der Waals surface area contributed by atoms with Crippen molar-refractivity contribution in [2.45, 2.75) is 38.7 Å². The summed E-state index contributed by atoms with van der Waals surface area (Å²) < 4.78 is 43.5. The van der Waals surface area contributed by atoms with E-state index in [1.165, 1.54) is 47.4 Å². The predicted octanol–water partition coefficient (Wildman–Crippen LogP) is 2.69. The van der Waals surface area contributed by atoms with Crippen LogP contribution in [-0.4, -0.2) is 48.6 Å². The molecular weight excluding hydrogens is 453 g/mol. The normalized spacial score (nSPS) is 22.7. The SMILES string of the molecule is Cc1cc(C)nc(-n2cc(C3NC(=O)NC(O)(C(F)(F)F)C3C(=O)c3ccccc3)c(C)n2)n1. The molecule has 3 heterocycles. The first-order valence-electron chi connectivity index (χ1n) is 10.3. The molecule has 0 spiro atoms. The number of hydrogen-bond acceptors (Lipinski definition) is 6. The van der Waals surface area contributed by atoms with Crippen molar-refractivity contribution >= 4 is 11.8 Å². The molecule has 1 aromatic carbocycles. The topological polar surface area (TPSA) is 122 Å². The van der Waals surface area contributed by atoms with Gasteiger partial charge in [0, 0.05) is 28.7 Å². The molecule has 0 aliphatic carbocycles. The standard InChI is InChI=1S/C22H21F3N6O3/c1-11-9-12(2)27-19(26-11)31-10-15(13(3)30-31)17-16(18(32)14-7-5-4-6-8-14)21(34,22(23,24)25)29-20(33)28-17/h4-10,16-17,34H,1-3H3,(H2,28,29,33). The van der Waals surface area contributed by atoms with Crippen LogP contribution in [0.3, 0.4) is 0 Å². The van der Waals surface area contributed by atoms with E-state index in [0.717, 1.165) is 0 Å². The summed E-state index contributed by atoms with van der Waals surface area (Å²) in [5.74, 6) is -2.99. The van der Waals surface area contributed by atoms with Gasteiger partial charge >= 0.3 is 12.2 Å². The van der Waals surface area contributed by atoms with E-state index in [1.807, 2.05) is 0 Å². The Kier molecular flexibility index (Phi) is 5.64. The molecule has 3 N–H and O–H groups in total. The van der Waals surface area contributed by atoms with Crippen LogP contribution in [0.15, 0.2) is 42.6 Å². The van der Waals surface area contributed by atoms with Crippen LogP contribution in [0.5, 0.6) is 0 Å². The Morgan fingerprint density at radius 1 is 1.12 bits per heavy atom. The van der Waals surface area contributed by atoms with Gasteiger partial charge in [-0.15, -0.1) is 0 Å². The summed E-state index contributed by atoms with van der Waals surface area (Å²) in [6, 6.07) is 6.17. The molecule has 34 heavy (non-hydrogen) atoms. The number of carbonyl (C=O) groups excluding carboxylic acids is 2. The van der Waals surface area contributed by atoms with Crippen molar-refractivity contribution in [3.8, 4) is 5.95 Å². The fourth-order valence-electron chi connectivity index (χ4n) is 4.07. The molecule has 1 saturated heterocycles. The average Bonchev–Trinajstić information content (AvgIpc) is 3.13. The maximum absolute atomic E-state index is 14.1. The van der Waals surface area contributed by atoms with Gasteiger partial charge < -0.3 is 15.7 Å². The number of rotatable bonds is 4. The van der Waals surface area contributed by atoms with Crippen molar-refractivity contribution in [1.82, 2.24) is 30.4 Å². The molecule has 3 atom stereocenters. The van der Waals surface area contributed by atoms with E-state index in [9.17, 15) is 27.9 Å². The molecule has 1 aliphatic heterocycles. The van der Waals surface area contributed by atoms with Crippen LogP contribution >= 0.6 is 0 Å². The third kappa shape index (κ3) is 4.00. The van der Waals surface area contributed by atoms with Crippen LogP contribution < -0.4 is 10.6 Å². The lowest BCUT2D eigenvalue weighted by Crippen LogP contribution is -2.72. The Morgan fingerprint density at radius 3 is 2.32 bits per heavy atom. The fourth-order valence-corrected chi connectivity index (χ4v) is 4.07. The van der Waals surface area contributed by atoms with Crippen molar-refractivity contribution in [3.05, 3.63) is 70.8 Å². The number of nitrogens with one attached hydrogen (secondary N) is 2. The van der Waals surface area contributed by atoms with Gasteiger partial charge in [-0.05, 0) is 26.8 Å². The molecule has 12 heteroatoms.